The molecule has 0 aromatic carbocycles. The predicted molar refractivity (Wildman–Crippen MR) is 103 cm³/mol. The predicted octanol–water partition coefficient (Wildman–Crippen LogP) is 3.12. The van der Waals surface area contributed by atoms with Crippen LogP contribution in [0.2, 0.25) is 0 Å². The van der Waals surface area contributed by atoms with Crippen molar-refractivity contribution < 1.29 is 24.8 Å². The second-order valence-corrected chi connectivity index (χ2v) is 7.45. The van der Waals surface area contributed by atoms with Gasteiger partial charge < -0.3 is 24.8 Å². The van der Waals surface area contributed by atoms with Gasteiger partial charge in [-0.25, -0.2) is 0 Å². The van der Waals surface area contributed by atoms with Crippen LogP contribution in [0, 0.1) is 0 Å². The molecular weight excluding hydrogens is 340 g/mol. The summed E-state index contributed by atoms with van der Waals surface area (Å²) in [4.78, 5) is 0. The van der Waals surface area contributed by atoms with Gasteiger partial charge in [-0.05, 0) is 18.6 Å². The van der Waals surface area contributed by atoms with Gasteiger partial charge in [0.05, 0.1) is 13.2 Å². The van der Waals surface area contributed by atoms with E-state index in [2.05, 4.69) is 6.92 Å². The van der Waals surface area contributed by atoms with Crippen LogP contribution in [-0.2, 0) is 9.47 Å². The van der Waals surface area contributed by atoms with Crippen LogP contribution in [0.1, 0.15) is 77.6 Å². The highest BCUT2D eigenvalue weighted by atomic mass is 32.1. The molecule has 6 heteroatoms. The highest BCUT2D eigenvalue weighted by Crippen LogP contribution is 2.21. The molecule has 25 heavy (non-hydrogen) atoms. The Bertz CT molecular complexity index is 353. The van der Waals surface area contributed by atoms with Gasteiger partial charge >= 0.3 is 0 Å². The number of unbranched alkanes of at least 4 members (excludes halogenated alkanes) is 9. The van der Waals surface area contributed by atoms with Crippen LogP contribution < -0.4 is 0 Å². The molecule has 0 unspecified atom stereocenters. The van der Waals surface area contributed by atoms with Crippen molar-refractivity contribution in [3.05, 3.63) is 0 Å². The van der Waals surface area contributed by atoms with Crippen LogP contribution in [0.25, 0.3) is 0 Å². The standard InChI is InChI=1S/C19H36O5S/c1-2-3-4-5-6-7-8-9-10-11-12-17(25)24-16-14-23-19(18(16)22)15(21)13-20/h15-16,18-22H,2-14H2,1H3/t15-,16+,18+,19+/m1/s1. The Morgan fingerprint density at radius 3 is 2.20 bits per heavy atom. The van der Waals surface area contributed by atoms with Gasteiger partial charge in [-0.1, -0.05) is 64.7 Å². The first-order valence-electron chi connectivity index (χ1n) is 9.88. The lowest BCUT2D eigenvalue weighted by Crippen LogP contribution is -2.41. The molecule has 0 amide bonds. The van der Waals surface area contributed by atoms with Crippen molar-refractivity contribution >= 4 is 17.3 Å². The van der Waals surface area contributed by atoms with Crippen LogP contribution in [0.15, 0.2) is 0 Å². The fourth-order valence-electron chi connectivity index (χ4n) is 3.15. The largest absolute Gasteiger partial charge is 0.479 e. The van der Waals surface area contributed by atoms with E-state index in [1.165, 1.54) is 51.4 Å². The van der Waals surface area contributed by atoms with Crippen molar-refractivity contribution in [3.8, 4) is 0 Å². The third kappa shape index (κ3) is 9.29. The molecule has 5 nitrogen and oxygen atoms in total. The molecule has 0 aromatic heterocycles. The number of thiocarbonyl (C=S) groups is 1. The minimum absolute atomic E-state index is 0.182. The van der Waals surface area contributed by atoms with Gasteiger partial charge in [0, 0.05) is 6.42 Å². The van der Waals surface area contributed by atoms with Crippen LogP contribution >= 0.6 is 12.2 Å². The number of rotatable bonds is 14. The van der Waals surface area contributed by atoms with Gasteiger partial charge in [0.2, 0.25) is 0 Å². The fraction of sp³-hybridized carbons (Fsp3) is 0.947. The monoisotopic (exact) mass is 376 g/mol. The first-order valence-corrected chi connectivity index (χ1v) is 10.3. The van der Waals surface area contributed by atoms with Crippen molar-refractivity contribution in [2.75, 3.05) is 13.2 Å². The summed E-state index contributed by atoms with van der Waals surface area (Å²) < 4.78 is 10.9. The minimum atomic E-state index is -1.10. The zero-order chi connectivity index (χ0) is 18.5. The first kappa shape index (κ1) is 22.8. The molecule has 0 spiro atoms. The molecular formula is C19H36O5S. The third-order valence-corrected chi connectivity index (χ3v) is 5.05. The second kappa shape index (κ2) is 13.9. The maximum atomic E-state index is 10.1. The smallest absolute Gasteiger partial charge is 0.160 e. The second-order valence-electron chi connectivity index (χ2n) is 7.00. The van der Waals surface area contributed by atoms with Gasteiger partial charge in [0.15, 0.2) is 11.2 Å². The summed E-state index contributed by atoms with van der Waals surface area (Å²) in [6, 6.07) is 0. The molecule has 0 aliphatic carbocycles. The summed E-state index contributed by atoms with van der Waals surface area (Å²) in [6.45, 7) is 1.98. The topological polar surface area (TPSA) is 79.2 Å². The molecule has 0 aromatic rings. The van der Waals surface area contributed by atoms with Crippen LogP contribution in [0.3, 0.4) is 0 Å². The number of hydrogen-bond donors (Lipinski definition) is 3. The maximum Gasteiger partial charge on any atom is 0.160 e. The van der Waals surface area contributed by atoms with Gasteiger partial charge in [0.1, 0.15) is 18.3 Å². The fourth-order valence-corrected chi connectivity index (χ4v) is 3.41. The van der Waals surface area contributed by atoms with E-state index < -0.39 is 31.0 Å². The normalized spacial score (nSPS) is 24.4. The molecule has 1 rings (SSSR count). The molecule has 0 saturated carbocycles. The van der Waals surface area contributed by atoms with E-state index in [1.807, 2.05) is 0 Å². The van der Waals surface area contributed by atoms with Crippen LogP contribution in [-0.4, -0.2) is 58.0 Å². The SMILES string of the molecule is CCCCCCCCCCCCC(=S)O[C@H]1CO[C@@H]([C@H](O)CO)[C@H]1O. The summed E-state index contributed by atoms with van der Waals surface area (Å²) in [7, 11) is 0. The number of hydrogen-bond acceptors (Lipinski definition) is 6. The maximum absolute atomic E-state index is 10.1. The minimum Gasteiger partial charge on any atom is -0.479 e. The third-order valence-electron chi connectivity index (χ3n) is 4.75. The van der Waals surface area contributed by atoms with E-state index in [1.54, 1.807) is 0 Å². The first-order chi connectivity index (χ1) is 12.1. The average Bonchev–Trinajstić information content (AvgIpc) is 2.96. The summed E-state index contributed by atoms with van der Waals surface area (Å²) in [5.74, 6) is 0. The molecule has 3 N–H and O–H groups in total. The van der Waals surface area contributed by atoms with E-state index in [0.29, 0.717) is 11.5 Å². The Morgan fingerprint density at radius 2 is 1.64 bits per heavy atom. The molecule has 1 saturated heterocycles. The van der Waals surface area contributed by atoms with Crippen molar-refractivity contribution in [1.82, 2.24) is 0 Å². The summed E-state index contributed by atoms with van der Waals surface area (Å²) >= 11 is 5.24. The Morgan fingerprint density at radius 1 is 1.08 bits per heavy atom. The summed E-state index contributed by atoms with van der Waals surface area (Å²) in [5.41, 5.74) is 0. The molecule has 148 valence electrons. The lowest BCUT2D eigenvalue weighted by atomic mass is 10.1. The number of aliphatic hydroxyl groups excluding tert-OH is 3. The lowest BCUT2D eigenvalue weighted by molar-refractivity contribution is -0.0679. The molecule has 1 aliphatic rings. The zero-order valence-electron chi connectivity index (χ0n) is 15.6. The molecule has 1 heterocycles. The molecule has 1 aliphatic heterocycles. The van der Waals surface area contributed by atoms with E-state index >= 15 is 0 Å². The van der Waals surface area contributed by atoms with Crippen LogP contribution in [0.5, 0.6) is 0 Å². The highest BCUT2D eigenvalue weighted by molar-refractivity contribution is 7.80. The molecule has 4 atom stereocenters. The van der Waals surface area contributed by atoms with E-state index in [9.17, 15) is 10.2 Å². The summed E-state index contributed by atoms with van der Waals surface area (Å²) in [5, 5.41) is 29.0. The Kier molecular flexibility index (Phi) is 12.6. The van der Waals surface area contributed by atoms with Crippen molar-refractivity contribution in [2.45, 2.75) is 102 Å². The zero-order valence-corrected chi connectivity index (χ0v) is 16.4. The Hall–Kier alpha value is -0.270. The van der Waals surface area contributed by atoms with Crippen molar-refractivity contribution in [1.29, 1.82) is 0 Å². The highest BCUT2D eigenvalue weighted by Gasteiger charge is 2.41. The van der Waals surface area contributed by atoms with Gasteiger partial charge in [-0.3, -0.25) is 0 Å². The molecule has 0 bridgehead atoms. The quantitative estimate of drug-likeness (QED) is 0.319. The average molecular weight is 377 g/mol. The van der Waals surface area contributed by atoms with E-state index in [4.69, 9.17) is 26.8 Å². The van der Waals surface area contributed by atoms with Crippen molar-refractivity contribution in [3.63, 3.8) is 0 Å². The van der Waals surface area contributed by atoms with Crippen molar-refractivity contribution in [2.24, 2.45) is 0 Å². The van der Waals surface area contributed by atoms with Gasteiger partial charge in [-0.15, -0.1) is 0 Å². The van der Waals surface area contributed by atoms with E-state index in [0.717, 1.165) is 12.8 Å². The number of aliphatic hydroxyl groups is 3. The molecule has 0 radical (unpaired) electrons. The summed E-state index contributed by atoms with van der Waals surface area (Å²) in [6.07, 6.45) is 10.0. The van der Waals surface area contributed by atoms with Crippen LogP contribution in [0.4, 0.5) is 0 Å². The van der Waals surface area contributed by atoms with Gasteiger partial charge in [0.25, 0.3) is 0 Å². The number of ether oxygens (including phenoxy) is 2. The lowest BCUT2D eigenvalue weighted by Gasteiger charge is -2.21. The molecule has 1 fully saturated rings. The van der Waals surface area contributed by atoms with E-state index in [-0.39, 0.29) is 6.61 Å². The van der Waals surface area contributed by atoms with Gasteiger partial charge in [-0.2, -0.15) is 0 Å². The Labute approximate surface area is 157 Å². The Balaban J connectivity index is 2.01.